The number of sulfonamides is 2. The molecule has 0 spiro atoms. The molecule has 0 atom stereocenters. The van der Waals surface area contributed by atoms with Crippen LogP contribution in [-0.2, 0) is 37.9 Å². The van der Waals surface area contributed by atoms with Gasteiger partial charge in [0.25, 0.3) is 0 Å². The van der Waals surface area contributed by atoms with Gasteiger partial charge in [0.1, 0.15) is 11.5 Å². The van der Waals surface area contributed by atoms with Crippen molar-refractivity contribution in [1.29, 1.82) is 0 Å². The number of aromatic hydroxyl groups is 2. The van der Waals surface area contributed by atoms with E-state index in [-0.39, 0.29) is 99.6 Å². The molecule has 4 aromatic rings. The summed E-state index contributed by atoms with van der Waals surface area (Å²) in [5.41, 5.74) is 1.09. The minimum Gasteiger partial charge on any atom is -0.508 e. The fourth-order valence-corrected chi connectivity index (χ4v) is 6.37. The van der Waals surface area contributed by atoms with E-state index in [1.165, 1.54) is 55.6 Å². The fourth-order valence-electron chi connectivity index (χ4n) is 3.63. The van der Waals surface area contributed by atoms with Crippen LogP contribution in [-0.4, -0.2) is 51.2 Å². The normalized spacial score (nSPS) is 11.0. The number of ether oxygens (including phenoxy) is 1. The van der Waals surface area contributed by atoms with Crippen molar-refractivity contribution < 1.29 is 90.5 Å². The molecule has 0 unspecified atom stereocenters. The predicted molar refractivity (Wildman–Crippen MR) is 165 cm³/mol. The number of carbonyl (C=O) groups is 2. The quantitative estimate of drug-likeness (QED) is 0.141. The molecule has 46 heavy (non-hydrogen) atoms. The second-order valence-corrected chi connectivity index (χ2v) is 13.4. The molecule has 0 saturated heterocycles. The van der Waals surface area contributed by atoms with Gasteiger partial charge in [0.2, 0.25) is 20.0 Å². The molecule has 0 amide bonds. The Balaban J connectivity index is 0.000000314. The number of benzene rings is 4. The minimum atomic E-state index is -3.85. The Bertz CT molecular complexity index is 1940. The van der Waals surface area contributed by atoms with Gasteiger partial charge in [-0.15, -0.1) is 0 Å². The average molecular weight is 925 g/mol. The second kappa shape index (κ2) is 17.4. The summed E-state index contributed by atoms with van der Waals surface area (Å²) in [4.78, 5) is 22.1. The Hall–Kier alpha value is -2.74. The van der Waals surface area contributed by atoms with Crippen molar-refractivity contribution in [1.82, 2.24) is 9.44 Å². The summed E-state index contributed by atoms with van der Waals surface area (Å²) < 4.78 is 58.1. The van der Waals surface area contributed by atoms with Gasteiger partial charge in [0.05, 0.1) is 38.1 Å². The molecule has 12 nitrogen and oxygen atoms in total. The maximum absolute atomic E-state index is 12.2. The molecule has 0 aliphatic heterocycles. The first-order chi connectivity index (χ1) is 21.1. The number of carboxylic acids is 1. The van der Waals surface area contributed by atoms with E-state index in [9.17, 15) is 36.6 Å². The fraction of sp³-hybridized carbons (Fsp3) is 0.103. The van der Waals surface area contributed by atoms with Gasteiger partial charge >= 0.3 is 11.9 Å². The molecule has 0 bridgehead atoms. The van der Waals surface area contributed by atoms with E-state index >= 15 is 0 Å². The zero-order chi connectivity index (χ0) is 33.4. The molecular weight excluding hydrogens is 898 g/mol. The number of esters is 1. The van der Waals surface area contributed by atoms with Crippen molar-refractivity contribution in [3.63, 3.8) is 0 Å². The Morgan fingerprint density at radius 3 is 1.46 bits per heavy atom. The number of rotatable bonds is 10. The Labute approximate surface area is 311 Å². The number of methoxy groups -OCH3 is 1. The average Bonchev–Trinajstić information content (AvgIpc) is 2.99. The molecule has 0 aliphatic carbocycles. The first kappa shape index (κ1) is 39.4. The molecule has 4 aromatic carbocycles. The molecule has 0 saturated carbocycles. The smallest absolute Gasteiger partial charge is 0.339 e. The summed E-state index contributed by atoms with van der Waals surface area (Å²) in [6, 6.07) is 19.5. The maximum Gasteiger partial charge on any atom is 0.339 e. The number of carboxylic acid groups (broad SMARTS) is 1. The summed E-state index contributed by atoms with van der Waals surface area (Å²) in [6.45, 7) is -0.0118. The largest absolute Gasteiger partial charge is 0.508 e. The van der Waals surface area contributed by atoms with Crippen molar-refractivity contribution in [3.05, 3.63) is 117 Å². The Kier molecular flexibility index (Phi) is 14.9. The van der Waals surface area contributed by atoms with Crippen molar-refractivity contribution in [2.24, 2.45) is 0 Å². The second-order valence-electron chi connectivity index (χ2n) is 9.07. The van der Waals surface area contributed by atoms with Gasteiger partial charge in [-0.05, 0) is 71.8 Å². The SMILES string of the molecule is COC(=O)c1ccc(S(=O)(=O)NCc2cccc(O)c2)cc1Cl.O=C(O)c1ccc(S(=O)(=O)NCc2cccc(O)c2)cc1Cl.[Ac]. The van der Waals surface area contributed by atoms with Crippen molar-refractivity contribution in [3.8, 4) is 11.5 Å². The van der Waals surface area contributed by atoms with Gasteiger partial charge in [-0.2, -0.15) is 0 Å². The standard InChI is InChI=1S/C15H14ClNO5S.C14H12ClNO5S.Ac/c1-22-15(19)13-6-5-12(8-14(13)16)23(20,21)17-9-10-3-2-4-11(18)7-10;15-13-7-11(4-5-12(13)14(18)19)22(20,21)16-8-9-2-1-3-10(17)6-9;/h2-8,17-18H,9H2,1H3;1-7,16-17H,8H2,(H,18,19);. The molecule has 4 rings (SSSR count). The van der Waals surface area contributed by atoms with Crippen molar-refractivity contribution in [2.45, 2.75) is 22.9 Å². The van der Waals surface area contributed by atoms with Crippen LogP contribution in [0.1, 0.15) is 31.8 Å². The van der Waals surface area contributed by atoms with Crippen LogP contribution in [0, 0.1) is 44.1 Å². The van der Waals surface area contributed by atoms with E-state index in [0.717, 1.165) is 12.1 Å². The minimum absolute atomic E-state index is 0. The Morgan fingerprint density at radius 2 is 1.11 bits per heavy atom. The number of hydrogen-bond acceptors (Lipinski definition) is 9. The van der Waals surface area contributed by atoms with E-state index in [2.05, 4.69) is 14.2 Å². The molecule has 17 heteroatoms. The number of carbonyl (C=O) groups excluding carboxylic acids is 1. The van der Waals surface area contributed by atoms with E-state index in [1.807, 2.05) is 0 Å². The van der Waals surface area contributed by atoms with Crippen LogP contribution in [0.25, 0.3) is 0 Å². The number of aromatic carboxylic acids is 1. The first-order valence-electron chi connectivity index (χ1n) is 12.6. The van der Waals surface area contributed by atoms with Crippen LogP contribution in [0.2, 0.25) is 10.0 Å². The molecule has 241 valence electrons. The number of halogens is 2. The van der Waals surface area contributed by atoms with Crippen LogP contribution >= 0.6 is 23.2 Å². The molecule has 0 fully saturated rings. The van der Waals surface area contributed by atoms with Crippen LogP contribution in [0.5, 0.6) is 11.5 Å². The van der Waals surface area contributed by atoms with Gasteiger partial charge in [0.15, 0.2) is 0 Å². The van der Waals surface area contributed by atoms with Crippen LogP contribution in [0.3, 0.4) is 0 Å². The molecule has 1 radical (unpaired) electrons. The molecular formula is C29H26AcCl2N2O10S2. The van der Waals surface area contributed by atoms with Crippen molar-refractivity contribution >= 4 is 55.2 Å². The van der Waals surface area contributed by atoms with E-state index < -0.39 is 32.0 Å². The van der Waals surface area contributed by atoms with Gasteiger partial charge in [-0.1, -0.05) is 47.5 Å². The zero-order valence-corrected chi connectivity index (χ0v) is 31.7. The van der Waals surface area contributed by atoms with Gasteiger partial charge in [0, 0.05) is 57.2 Å². The van der Waals surface area contributed by atoms with E-state index in [4.69, 9.17) is 28.3 Å². The topological polar surface area (TPSA) is 196 Å². The van der Waals surface area contributed by atoms with Crippen LogP contribution < -0.4 is 9.44 Å². The zero-order valence-electron chi connectivity index (χ0n) is 23.8. The van der Waals surface area contributed by atoms with Crippen LogP contribution in [0.15, 0.2) is 94.7 Å². The van der Waals surface area contributed by atoms with Gasteiger partial charge < -0.3 is 20.1 Å². The van der Waals surface area contributed by atoms with Crippen molar-refractivity contribution in [2.75, 3.05) is 7.11 Å². The van der Waals surface area contributed by atoms with E-state index in [1.54, 1.807) is 24.3 Å². The maximum atomic E-state index is 12.2. The molecule has 0 aromatic heterocycles. The third-order valence-electron chi connectivity index (χ3n) is 5.89. The van der Waals surface area contributed by atoms with Gasteiger partial charge in [-0.25, -0.2) is 35.9 Å². The molecule has 0 heterocycles. The summed E-state index contributed by atoms with van der Waals surface area (Å²) in [5.74, 6) is -1.80. The summed E-state index contributed by atoms with van der Waals surface area (Å²) in [6.07, 6.45) is 0. The van der Waals surface area contributed by atoms with Crippen LogP contribution in [0.4, 0.5) is 0 Å². The predicted octanol–water partition coefficient (Wildman–Crippen LogP) is 4.53. The van der Waals surface area contributed by atoms with Gasteiger partial charge in [-0.3, -0.25) is 0 Å². The van der Waals surface area contributed by atoms with E-state index in [0.29, 0.717) is 11.1 Å². The Morgan fingerprint density at radius 1 is 0.696 bits per heavy atom. The number of hydrogen-bond donors (Lipinski definition) is 5. The summed E-state index contributed by atoms with van der Waals surface area (Å²) in [7, 11) is -6.45. The molecule has 5 N–H and O–H groups in total. The monoisotopic (exact) mass is 923 g/mol. The summed E-state index contributed by atoms with van der Waals surface area (Å²) >= 11 is 11.7. The molecule has 0 aliphatic rings. The third kappa shape index (κ3) is 11.2. The first-order valence-corrected chi connectivity index (χ1v) is 16.3. The number of nitrogens with one attached hydrogen (secondary N) is 2. The number of phenolic OH excluding ortho intramolecular Hbond substituents is 2. The third-order valence-corrected chi connectivity index (χ3v) is 9.31. The number of phenols is 2. The summed E-state index contributed by atoms with van der Waals surface area (Å²) in [5, 5.41) is 27.4.